The maximum Gasteiger partial charge on any atom is 0.231 e. The Labute approximate surface area is 149 Å². The van der Waals surface area contributed by atoms with Crippen LogP contribution < -0.4 is 19.7 Å². The van der Waals surface area contributed by atoms with Gasteiger partial charge in [0.1, 0.15) is 5.82 Å². The summed E-state index contributed by atoms with van der Waals surface area (Å²) in [4.78, 5) is 26.3. The third-order valence-electron chi connectivity index (χ3n) is 4.52. The minimum absolute atomic E-state index is 0.116. The van der Waals surface area contributed by atoms with E-state index in [1.54, 1.807) is 35.2 Å². The van der Waals surface area contributed by atoms with Crippen LogP contribution in [0.2, 0.25) is 0 Å². The zero-order valence-electron chi connectivity index (χ0n) is 13.9. The summed E-state index contributed by atoms with van der Waals surface area (Å²) in [6.07, 6.45) is 0.142. The number of ether oxygens (including phenoxy) is 2. The first kappa shape index (κ1) is 16.4. The molecule has 2 aliphatic heterocycles. The van der Waals surface area contributed by atoms with Gasteiger partial charge in [0.2, 0.25) is 18.6 Å². The summed E-state index contributed by atoms with van der Waals surface area (Å²) in [7, 11) is 0. The molecule has 6 nitrogen and oxygen atoms in total. The monoisotopic (exact) mass is 356 g/mol. The molecule has 4 rings (SSSR count). The van der Waals surface area contributed by atoms with Crippen LogP contribution in [0.4, 0.5) is 10.1 Å². The van der Waals surface area contributed by atoms with E-state index in [4.69, 9.17) is 9.47 Å². The van der Waals surface area contributed by atoms with E-state index in [-0.39, 0.29) is 37.4 Å². The fraction of sp³-hybridized carbons (Fsp3) is 0.263. The molecule has 2 amide bonds. The van der Waals surface area contributed by atoms with E-state index in [2.05, 4.69) is 5.32 Å². The number of hydrogen-bond donors (Lipinski definition) is 1. The van der Waals surface area contributed by atoms with E-state index in [9.17, 15) is 14.0 Å². The average molecular weight is 356 g/mol. The van der Waals surface area contributed by atoms with Crippen LogP contribution >= 0.6 is 0 Å². The number of nitrogens with one attached hydrogen (secondary N) is 1. The zero-order chi connectivity index (χ0) is 18.1. The second-order valence-electron chi connectivity index (χ2n) is 6.29. The summed E-state index contributed by atoms with van der Waals surface area (Å²) in [6.45, 7) is 0.691. The molecule has 26 heavy (non-hydrogen) atoms. The molecule has 1 N–H and O–H groups in total. The van der Waals surface area contributed by atoms with Gasteiger partial charge in [-0.05, 0) is 29.8 Å². The fourth-order valence-electron chi connectivity index (χ4n) is 3.17. The topological polar surface area (TPSA) is 67.9 Å². The lowest BCUT2D eigenvalue weighted by atomic mass is 10.1. The molecule has 0 saturated carbocycles. The van der Waals surface area contributed by atoms with E-state index in [1.807, 2.05) is 0 Å². The van der Waals surface area contributed by atoms with Crippen molar-refractivity contribution >= 4 is 17.5 Å². The van der Waals surface area contributed by atoms with Gasteiger partial charge in [0.05, 0.1) is 5.92 Å². The number of amides is 2. The van der Waals surface area contributed by atoms with Gasteiger partial charge in [-0.1, -0.05) is 12.1 Å². The summed E-state index contributed by atoms with van der Waals surface area (Å²) in [6, 6.07) is 11.3. The summed E-state index contributed by atoms with van der Waals surface area (Å²) < 4.78 is 23.8. The van der Waals surface area contributed by atoms with Crippen molar-refractivity contribution in [1.82, 2.24) is 5.32 Å². The second kappa shape index (κ2) is 6.67. The highest BCUT2D eigenvalue weighted by atomic mass is 19.1. The number of hydrogen-bond acceptors (Lipinski definition) is 4. The third-order valence-corrected chi connectivity index (χ3v) is 4.52. The lowest BCUT2D eigenvalue weighted by Crippen LogP contribution is -2.32. The molecule has 2 heterocycles. The molecular formula is C19H17FN2O4. The fourth-order valence-corrected chi connectivity index (χ4v) is 3.17. The van der Waals surface area contributed by atoms with E-state index >= 15 is 0 Å². The van der Waals surface area contributed by atoms with Crippen LogP contribution in [-0.2, 0) is 16.1 Å². The molecular weight excluding hydrogens is 339 g/mol. The van der Waals surface area contributed by atoms with Gasteiger partial charge >= 0.3 is 0 Å². The van der Waals surface area contributed by atoms with Crippen LogP contribution in [-0.4, -0.2) is 25.2 Å². The standard InChI is InChI=1S/C19H17FN2O4/c20-14-3-1-2-12(6-14)9-21-19(24)13-7-18(23)22(10-13)15-4-5-16-17(8-15)26-11-25-16/h1-6,8,13H,7,9-11H2,(H,21,24)/t13-/m1/s1. The predicted octanol–water partition coefficient (Wildman–Crippen LogP) is 2.22. The summed E-state index contributed by atoms with van der Waals surface area (Å²) in [5.74, 6) is 0.114. The number of anilines is 1. The number of rotatable bonds is 4. The maximum absolute atomic E-state index is 13.2. The molecule has 0 spiro atoms. The number of carbonyl (C=O) groups excluding carboxylic acids is 2. The quantitative estimate of drug-likeness (QED) is 0.912. The van der Waals surface area contributed by atoms with Gasteiger partial charge in [-0.25, -0.2) is 4.39 Å². The molecule has 2 aromatic carbocycles. The van der Waals surface area contributed by atoms with Crippen molar-refractivity contribution in [3.8, 4) is 11.5 Å². The normalized spacial score (nSPS) is 18.3. The van der Waals surface area contributed by atoms with Gasteiger partial charge in [-0.3, -0.25) is 9.59 Å². The van der Waals surface area contributed by atoms with Crippen LogP contribution in [0, 0.1) is 11.7 Å². The minimum atomic E-state index is -0.443. The first-order chi connectivity index (χ1) is 12.6. The molecule has 2 aliphatic rings. The molecule has 1 atom stereocenters. The molecule has 0 bridgehead atoms. The van der Waals surface area contributed by atoms with Crippen LogP contribution in [0.15, 0.2) is 42.5 Å². The number of carbonyl (C=O) groups is 2. The van der Waals surface area contributed by atoms with Gasteiger partial charge in [-0.15, -0.1) is 0 Å². The number of fused-ring (bicyclic) bond motifs is 1. The number of halogens is 1. The van der Waals surface area contributed by atoms with Crippen molar-refractivity contribution in [2.24, 2.45) is 5.92 Å². The minimum Gasteiger partial charge on any atom is -0.454 e. The summed E-state index contributed by atoms with van der Waals surface area (Å²) in [5.41, 5.74) is 1.36. The first-order valence-electron chi connectivity index (χ1n) is 8.32. The highest BCUT2D eigenvalue weighted by molar-refractivity contribution is 6.00. The van der Waals surface area contributed by atoms with Gasteiger partial charge in [-0.2, -0.15) is 0 Å². The molecule has 0 radical (unpaired) electrons. The SMILES string of the molecule is O=C(NCc1cccc(F)c1)[C@@H]1CC(=O)N(c2ccc3c(c2)OCO3)C1. The highest BCUT2D eigenvalue weighted by Crippen LogP contribution is 2.37. The Morgan fingerprint density at radius 1 is 1.19 bits per heavy atom. The molecule has 0 aliphatic carbocycles. The Morgan fingerprint density at radius 2 is 2.04 bits per heavy atom. The molecule has 1 fully saturated rings. The molecule has 7 heteroatoms. The van der Waals surface area contributed by atoms with Crippen molar-refractivity contribution in [2.45, 2.75) is 13.0 Å². The molecule has 0 aromatic heterocycles. The van der Waals surface area contributed by atoms with Crippen molar-refractivity contribution in [1.29, 1.82) is 0 Å². The van der Waals surface area contributed by atoms with E-state index in [1.165, 1.54) is 12.1 Å². The molecule has 2 aromatic rings. The predicted molar refractivity (Wildman–Crippen MR) is 91.3 cm³/mol. The Balaban J connectivity index is 1.40. The Kier molecular flexibility index (Phi) is 4.20. The maximum atomic E-state index is 13.2. The second-order valence-corrected chi connectivity index (χ2v) is 6.29. The molecule has 1 saturated heterocycles. The van der Waals surface area contributed by atoms with E-state index < -0.39 is 5.92 Å². The Hall–Kier alpha value is -3.09. The third kappa shape index (κ3) is 3.20. The van der Waals surface area contributed by atoms with Crippen molar-refractivity contribution < 1.29 is 23.5 Å². The molecule has 134 valence electrons. The highest BCUT2D eigenvalue weighted by Gasteiger charge is 2.35. The van der Waals surface area contributed by atoms with Crippen molar-refractivity contribution in [3.63, 3.8) is 0 Å². The van der Waals surface area contributed by atoms with Crippen molar-refractivity contribution in [2.75, 3.05) is 18.2 Å². The van der Waals surface area contributed by atoms with E-state index in [0.717, 1.165) is 0 Å². The van der Waals surface area contributed by atoms with Crippen LogP contribution in [0.25, 0.3) is 0 Å². The van der Waals surface area contributed by atoms with Crippen LogP contribution in [0.5, 0.6) is 11.5 Å². The lowest BCUT2D eigenvalue weighted by molar-refractivity contribution is -0.126. The summed E-state index contributed by atoms with van der Waals surface area (Å²) >= 11 is 0. The van der Waals surface area contributed by atoms with E-state index in [0.29, 0.717) is 29.3 Å². The van der Waals surface area contributed by atoms with Crippen molar-refractivity contribution in [3.05, 3.63) is 53.8 Å². The lowest BCUT2D eigenvalue weighted by Gasteiger charge is -2.17. The number of benzene rings is 2. The Bertz CT molecular complexity index is 870. The van der Waals surface area contributed by atoms with Crippen LogP contribution in [0.1, 0.15) is 12.0 Å². The zero-order valence-corrected chi connectivity index (χ0v) is 13.9. The first-order valence-corrected chi connectivity index (χ1v) is 8.32. The van der Waals surface area contributed by atoms with Gasteiger partial charge < -0.3 is 19.7 Å². The van der Waals surface area contributed by atoms with Gasteiger partial charge in [0.15, 0.2) is 11.5 Å². The van der Waals surface area contributed by atoms with Crippen LogP contribution in [0.3, 0.4) is 0 Å². The smallest absolute Gasteiger partial charge is 0.231 e. The number of nitrogens with zero attached hydrogens (tertiary/aromatic N) is 1. The van der Waals surface area contributed by atoms with Gasteiger partial charge in [0, 0.05) is 31.3 Å². The Morgan fingerprint density at radius 3 is 2.88 bits per heavy atom. The largest absolute Gasteiger partial charge is 0.454 e. The average Bonchev–Trinajstić information content (AvgIpc) is 3.25. The molecule has 0 unspecified atom stereocenters. The summed E-state index contributed by atoms with van der Waals surface area (Å²) in [5, 5.41) is 2.77. The van der Waals surface area contributed by atoms with Gasteiger partial charge in [0.25, 0.3) is 0 Å².